The largest absolute Gasteiger partial charge is 0.484 e. The van der Waals surface area contributed by atoms with Crippen LogP contribution in [0.2, 0.25) is 0 Å². The van der Waals surface area contributed by atoms with Crippen molar-refractivity contribution in [3.63, 3.8) is 0 Å². The van der Waals surface area contributed by atoms with Crippen LogP contribution in [0.25, 0.3) is 33.0 Å². The lowest BCUT2D eigenvalue weighted by molar-refractivity contribution is -0.141. The summed E-state index contributed by atoms with van der Waals surface area (Å²) in [7, 11) is -2.73. The molecule has 1 saturated heterocycles. The molecule has 2 aliphatic heterocycles. The fourth-order valence-electron chi connectivity index (χ4n) is 7.66. The number of allylic oxidation sites excluding steroid dienone is 1. The number of ether oxygens (including phenoxy) is 2. The van der Waals surface area contributed by atoms with Crippen molar-refractivity contribution >= 4 is 66.8 Å². The first-order valence-corrected chi connectivity index (χ1v) is 19.8. The van der Waals surface area contributed by atoms with Gasteiger partial charge in [0.1, 0.15) is 40.6 Å². The Morgan fingerprint density at radius 3 is 2.69 bits per heavy atom. The zero-order valence-corrected chi connectivity index (χ0v) is 30.3. The molecular formula is C38H40FN5O9S. The highest BCUT2D eigenvalue weighted by Gasteiger charge is 2.62. The molecule has 0 radical (unpaired) electrons. The fraction of sp³-hybridized carbons (Fsp3) is 0.447. The number of carbonyl (C=O) groups is 4. The highest BCUT2D eigenvalue weighted by molar-refractivity contribution is 7.91. The molecule has 5 atom stereocenters. The minimum atomic E-state index is -3.92. The average molecular weight is 762 g/mol. The number of nitrogens with zero attached hydrogens (tertiary/aromatic N) is 2. The lowest BCUT2D eigenvalue weighted by atomic mass is 10.1. The van der Waals surface area contributed by atoms with E-state index in [-0.39, 0.29) is 37.1 Å². The molecule has 4 aliphatic rings. The van der Waals surface area contributed by atoms with E-state index in [0.29, 0.717) is 53.1 Å². The van der Waals surface area contributed by atoms with Gasteiger partial charge in [-0.3, -0.25) is 19.1 Å². The Hall–Kier alpha value is -5.25. The second-order valence-electron chi connectivity index (χ2n) is 14.6. The standard InChI is InChI=1S/C38H40FN5O9S/c1-51-37(48)41-28-11-6-4-2-3-5-9-21-19-38(21,36(47)43-54(49,50)24-14-15-24)42-34(45)29-18-23(20-44(29)35(28)46)52-32-26-17-22(39)13-16-27(26)40-31-25-10-7-8-12-30(25)53-33(31)32/h5,7-10,12-13,16-17,21,23-24,28-29H,2-4,6,11,14-15,18-20H2,1H3,(H,41,48)(H,42,45)(H,43,47)/b9-5-/t21-,23+,28-,29-,38+/m0/s1. The maximum absolute atomic E-state index is 14.7. The number of hydrogen-bond acceptors (Lipinski definition) is 10. The van der Waals surface area contributed by atoms with Crippen LogP contribution in [0.15, 0.2) is 59.0 Å². The number of aromatic nitrogens is 1. The average Bonchev–Trinajstić information content (AvgIpc) is 4.05. The van der Waals surface area contributed by atoms with Crippen LogP contribution in [-0.4, -0.2) is 84.7 Å². The van der Waals surface area contributed by atoms with Gasteiger partial charge in [-0.1, -0.05) is 37.1 Å². The van der Waals surface area contributed by atoms with Gasteiger partial charge in [0, 0.05) is 23.1 Å². The van der Waals surface area contributed by atoms with Crippen molar-refractivity contribution < 1.29 is 45.9 Å². The minimum Gasteiger partial charge on any atom is -0.484 e. The molecule has 2 aromatic heterocycles. The fourth-order valence-corrected chi connectivity index (χ4v) is 9.02. The Kier molecular flexibility index (Phi) is 9.18. The van der Waals surface area contributed by atoms with Crippen molar-refractivity contribution in [2.45, 2.75) is 86.8 Å². The van der Waals surface area contributed by atoms with Crippen LogP contribution in [-0.2, 0) is 29.1 Å². The maximum atomic E-state index is 14.7. The highest BCUT2D eigenvalue weighted by Crippen LogP contribution is 2.46. The second kappa shape index (κ2) is 13.9. The van der Waals surface area contributed by atoms with E-state index < -0.39 is 74.5 Å². The van der Waals surface area contributed by atoms with E-state index in [9.17, 15) is 32.0 Å². The molecule has 2 aromatic carbocycles. The third-order valence-electron chi connectivity index (χ3n) is 10.8. The molecule has 4 amide bonds. The Morgan fingerprint density at radius 2 is 1.89 bits per heavy atom. The summed E-state index contributed by atoms with van der Waals surface area (Å²) < 4.78 is 60.2. The van der Waals surface area contributed by atoms with Crippen molar-refractivity contribution in [2.75, 3.05) is 13.7 Å². The topological polar surface area (TPSA) is 186 Å². The van der Waals surface area contributed by atoms with Crippen LogP contribution in [0.5, 0.6) is 5.75 Å². The van der Waals surface area contributed by atoms with Crippen molar-refractivity contribution in [1.29, 1.82) is 0 Å². The minimum absolute atomic E-state index is 0.0536. The van der Waals surface area contributed by atoms with Gasteiger partial charge in [-0.2, -0.15) is 0 Å². The van der Waals surface area contributed by atoms with Gasteiger partial charge in [-0.15, -0.1) is 0 Å². The number of halogens is 1. The number of pyridine rings is 1. The number of nitrogens with one attached hydrogen (secondary N) is 3. The van der Waals surface area contributed by atoms with Gasteiger partial charge in [-0.25, -0.2) is 22.6 Å². The van der Waals surface area contributed by atoms with Crippen LogP contribution >= 0.6 is 0 Å². The molecule has 8 rings (SSSR count). The van der Waals surface area contributed by atoms with Crippen LogP contribution in [0, 0.1) is 11.7 Å². The number of carbonyl (C=O) groups excluding carboxylic acids is 4. The van der Waals surface area contributed by atoms with Gasteiger partial charge in [0.25, 0.3) is 5.91 Å². The van der Waals surface area contributed by atoms with Crippen LogP contribution in [0.4, 0.5) is 9.18 Å². The van der Waals surface area contributed by atoms with E-state index in [1.807, 2.05) is 30.4 Å². The van der Waals surface area contributed by atoms with E-state index in [0.717, 1.165) is 12.8 Å². The number of hydrogen-bond donors (Lipinski definition) is 3. The summed E-state index contributed by atoms with van der Waals surface area (Å²) in [5, 5.41) is 5.85. The quantitative estimate of drug-likeness (QED) is 0.239. The molecule has 0 bridgehead atoms. The summed E-state index contributed by atoms with van der Waals surface area (Å²) in [6.07, 6.45) is 6.15. The maximum Gasteiger partial charge on any atom is 0.407 e. The first kappa shape index (κ1) is 35.8. The molecule has 3 fully saturated rings. The number of benzene rings is 2. The molecule has 2 aliphatic carbocycles. The molecule has 284 valence electrons. The summed E-state index contributed by atoms with van der Waals surface area (Å²) in [6.45, 7) is -0.115. The summed E-state index contributed by atoms with van der Waals surface area (Å²) in [5.41, 5.74) is 0.181. The number of amides is 4. The lowest BCUT2D eigenvalue weighted by Crippen LogP contribution is -2.58. The van der Waals surface area contributed by atoms with Crippen molar-refractivity contribution in [2.24, 2.45) is 5.92 Å². The Labute approximate surface area is 309 Å². The van der Waals surface area contributed by atoms with Gasteiger partial charge < -0.3 is 29.4 Å². The van der Waals surface area contributed by atoms with Gasteiger partial charge in [0.05, 0.1) is 24.4 Å². The molecule has 14 nitrogen and oxygen atoms in total. The third kappa shape index (κ3) is 6.71. The number of sulfonamides is 1. The van der Waals surface area contributed by atoms with Crippen LogP contribution in [0.3, 0.4) is 0 Å². The van der Waals surface area contributed by atoms with Crippen molar-refractivity contribution in [1.82, 2.24) is 25.2 Å². The number of para-hydroxylation sites is 1. The predicted octanol–water partition coefficient (Wildman–Crippen LogP) is 4.35. The molecule has 2 saturated carbocycles. The predicted molar refractivity (Wildman–Crippen MR) is 194 cm³/mol. The zero-order chi connectivity index (χ0) is 37.8. The number of furan rings is 1. The Balaban J connectivity index is 1.16. The molecular weight excluding hydrogens is 722 g/mol. The summed E-state index contributed by atoms with van der Waals surface area (Å²) >= 11 is 0. The van der Waals surface area contributed by atoms with Crippen molar-refractivity contribution in [3.05, 3.63) is 60.4 Å². The summed E-state index contributed by atoms with van der Waals surface area (Å²) in [6, 6.07) is 9.15. The van der Waals surface area contributed by atoms with E-state index >= 15 is 0 Å². The van der Waals surface area contributed by atoms with Crippen molar-refractivity contribution in [3.8, 4) is 5.75 Å². The molecule has 3 N–H and O–H groups in total. The third-order valence-corrected chi connectivity index (χ3v) is 12.6. The van der Waals surface area contributed by atoms with Gasteiger partial charge in [-0.05, 0) is 68.9 Å². The molecule has 4 aromatic rings. The molecule has 54 heavy (non-hydrogen) atoms. The molecule has 0 spiro atoms. The van der Waals surface area contributed by atoms with Gasteiger partial charge in [0.15, 0.2) is 11.3 Å². The Bertz CT molecular complexity index is 2330. The zero-order valence-electron chi connectivity index (χ0n) is 29.5. The monoisotopic (exact) mass is 761 g/mol. The van der Waals surface area contributed by atoms with Gasteiger partial charge >= 0.3 is 6.09 Å². The van der Waals surface area contributed by atoms with E-state index in [4.69, 9.17) is 18.9 Å². The molecule has 16 heteroatoms. The second-order valence-corrected chi connectivity index (χ2v) is 16.5. The first-order valence-electron chi connectivity index (χ1n) is 18.2. The highest BCUT2D eigenvalue weighted by atomic mass is 32.2. The Morgan fingerprint density at radius 1 is 1.07 bits per heavy atom. The molecule has 4 heterocycles. The van der Waals surface area contributed by atoms with Gasteiger partial charge in [0.2, 0.25) is 21.8 Å². The van der Waals surface area contributed by atoms with Crippen LogP contribution < -0.4 is 20.1 Å². The normalized spacial score (nSPS) is 27.0. The number of fused-ring (bicyclic) bond motifs is 6. The first-order chi connectivity index (χ1) is 26.0. The summed E-state index contributed by atoms with van der Waals surface area (Å²) in [5.74, 6) is -2.88. The summed E-state index contributed by atoms with van der Waals surface area (Å²) in [4.78, 5) is 61.0. The van der Waals surface area contributed by atoms with E-state index in [2.05, 4.69) is 15.4 Å². The van der Waals surface area contributed by atoms with E-state index in [1.165, 1.54) is 30.2 Å². The number of methoxy groups -OCH3 is 1. The van der Waals surface area contributed by atoms with Crippen LogP contribution in [0.1, 0.15) is 57.8 Å². The number of alkyl carbamates (subject to hydrolysis) is 1. The smallest absolute Gasteiger partial charge is 0.407 e. The lowest BCUT2D eigenvalue weighted by Gasteiger charge is -2.29. The van der Waals surface area contributed by atoms with E-state index in [1.54, 1.807) is 6.07 Å². The molecule has 0 unspecified atom stereocenters. The SMILES string of the molecule is COC(=O)N[C@H]1CCCCC/C=C\[C@H]2C[C@@]2(C(=O)NS(=O)(=O)C2CC2)NC(=O)[C@@H]2C[C@@H](Oc3c4cc(F)ccc4nc4c3oc3ccccc34)CN2C1=O. The number of rotatable bonds is 6.